The van der Waals surface area contributed by atoms with Crippen molar-refractivity contribution in [3.05, 3.63) is 51.9 Å². The van der Waals surface area contributed by atoms with Crippen LogP contribution >= 0.6 is 0 Å². The highest BCUT2D eigenvalue weighted by atomic mass is 16.5. The number of benzene rings is 2. The van der Waals surface area contributed by atoms with Gasteiger partial charge in [0.05, 0.1) is 36.2 Å². The first-order valence-electron chi connectivity index (χ1n) is 8.68. The van der Waals surface area contributed by atoms with Gasteiger partial charge in [0.1, 0.15) is 17.0 Å². The van der Waals surface area contributed by atoms with E-state index in [4.69, 9.17) is 9.47 Å². The summed E-state index contributed by atoms with van der Waals surface area (Å²) in [5.74, 6) is 1.80. The fraction of sp³-hybridized carbons (Fsp3) is 0.200. The van der Waals surface area contributed by atoms with Gasteiger partial charge in [-0.1, -0.05) is 12.1 Å². The van der Waals surface area contributed by atoms with Crippen LogP contribution in [0.5, 0.6) is 11.5 Å². The van der Waals surface area contributed by atoms with Crippen LogP contribution in [-0.4, -0.2) is 34.2 Å². The highest BCUT2D eigenvalue weighted by Crippen LogP contribution is 2.30. The zero-order valence-electron chi connectivity index (χ0n) is 16.0. The third-order valence-corrected chi connectivity index (χ3v) is 4.56. The summed E-state index contributed by atoms with van der Waals surface area (Å²) in [6.07, 6.45) is 0. The Balaban J connectivity index is 1.84. The van der Waals surface area contributed by atoms with Crippen LogP contribution in [0.15, 0.2) is 35.1 Å². The van der Waals surface area contributed by atoms with Crippen LogP contribution in [0.25, 0.3) is 21.8 Å². The van der Waals surface area contributed by atoms with Crippen LogP contribution in [0.3, 0.4) is 0 Å². The average Bonchev–Trinajstić information content (AvgIpc) is 2.68. The first kappa shape index (κ1) is 17.7. The summed E-state index contributed by atoms with van der Waals surface area (Å²) in [6, 6.07) is 9.04. The number of methoxy groups -OCH3 is 2. The molecular weight excluding hydrogens is 358 g/mol. The summed E-state index contributed by atoms with van der Waals surface area (Å²) in [7, 11) is 3.16. The van der Waals surface area contributed by atoms with E-state index in [1.807, 2.05) is 26.0 Å². The summed E-state index contributed by atoms with van der Waals surface area (Å²) in [4.78, 5) is 28.7. The van der Waals surface area contributed by atoms with E-state index in [-0.39, 0.29) is 11.5 Å². The Morgan fingerprint density at radius 3 is 2.46 bits per heavy atom. The molecule has 2 aromatic heterocycles. The van der Waals surface area contributed by atoms with Crippen LogP contribution in [-0.2, 0) is 0 Å². The highest BCUT2D eigenvalue weighted by Gasteiger charge is 2.14. The Hall–Kier alpha value is -3.68. The molecule has 0 bridgehead atoms. The van der Waals surface area contributed by atoms with E-state index < -0.39 is 0 Å². The van der Waals surface area contributed by atoms with Crippen LogP contribution < -0.4 is 20.3 Å². The minimum atomic E-state index is -0.276. The number of aromatic amines is 1. The number of ether oxygens (including phenoxy) is 2. The maximum Gasteiger partial charge on any atom is 0.260 e. The molecule has 0 amide bonds. The van der Waals surface area contributed by atoms with Crippen LogP contribution in [0, 0.1) is 13.8 Å². The van der Waals surface area contributed by atoms with Gasteiger partial charge >= 0.3 is 0 Å². The van der Waals surface area contributed by atoms with Crippen molar-refractivity contribution < 1.29 is 9.47 Å². The molecule has 0 saturated heterocycles. The monoisotopic (exact) mass is 377 g/mol. The summed E-state index contributed by atoms with van der Waals surface area (Å²) < 4.78 is 10.8. The third-order valence-electron chi connectivity index (χ3n) is 4.56. The van der Waals surface area contributed by atoms with Crippen LogP contribution in [0.4, 0.5) is 11.9 Å². The summed E-state index contributed by atoms with van der Waals surface area (Å²) >= 11 is 0. The molecule has 8 nitrogen and oxygen atoms in total. The second kappa shape index (κ2) is 6.80. The molecule has 142 valence electrons. The lowest BCUT2D eigenvalue weighted by molar-refractivity contribution is 0.419. The largest absolute Gasteiger partial charge is 0.496 e. The predicted octanol–water partition coefficient (Wildman–Crippen LogP) is 3.24. The van der Waals surface area contributed by atoms with Gasteiger partial charge in [0, 0.05) is 0 Å². The highest BCUT2D eigenvalue weighted by molar-refractivity contribution is 5.90. The molecule has 0 aliphatic heterocycles. The van der Waals surface area contributed by atoms with E-state index in [0.29, 0.717) is 28.4 Å². The maximum absolute atomic E-state index is 12.4. The number of anilines is 2. The van der Waals surface area contributed by atoms with Gasteiger partial charge in [0.15, 0.2) is 0 Å². The Kier molecular flexibility index (Phi) is 4.31. The standard InChI is InChI=1S/C20H19N5O3/c1-10-8-9-13(27-3)15-11(2)21-19(22-16(10)15)25-20-23-17-12(18(26)24-20)6-5-7-14(17)28-4/h5-9H,1-4H3,(H2,21,22,23,24,25,26). The minimum Gasteiger partial charge on any atom is -0.496 e. The number of nitrogens with one attached hydrogen (secondary N) is 2. The van der Waals surface area contributed by atoms with Gasteiger partial charge in [-0.15, -0.1) is 0 Å². The van der Waals surface area contributed by atoms with E-state index in [1.54, 1.807) is 25.3 Å². The Morgan fingerprint density at radius 1 is 0.929 bits per heavy atom. The number of hydrogen-bond donors (Lipinski definition) is 2. The van der Waals surface area contributed by atoms with Crippen molar-refractivity contribution in [3.63, 3.8) is 0 Å². The van der Waals surface area contributed by atoms with Crippen molar-refractivity contribution in [1.82, 2.24) is 19.9 Å². The van der Waals surface area contributed by atoms with Gasteiger partial charge in [-0.2, -0.15) is 0 Å². The zero-order valence-corrected chi connectivity index (χ0v) is 16.0. The summed E-state index contributed by atoms with van der Waals surface area (Å²) in [5.41, 5.74) is 2.71. The molecule has 0 aliphatic rings. The lowest BCUT2D eigenvalue weighted by atomic mass is 10.1. The molecule has 28 heavy (non-hydrogen) atoms. The molecule has 0 unspecified atom stereocenters. The maximum atomic E-state index is 12.4. The van der Waals surface area contributed by atoms with Gasteiger partial charge in [0.25, 0.3) is 5.56 Å². The smallest absolute Gasteiger partial charge is 0.260 e. The first-order chi connectivity index (χ1) is 13.5. The summed E-state index contributed by atoms with van der Waals surface area (Å²) in [6.45, 7) is 3.86. The van der Waals surface area contributed by atoms with E-state index in [1.165, 1.54) is 7.11 Å². The predicted molar refractivity (Wildman–Crippen MR) is 108 cm³/mol. The average molecular weight is 377 g/mol. The quantitative estimate of drug-likeness (QED) is 0.563. The van der Waals surface area contributed by atoms with Crippen molar-refractivity contribution in [3.8, 4) is 11.5 Å². The molecule has 0 saturated carbocycles. The molecule has 4 rings (SSSR count). The van der Waals surface area contributed by atoms with Gasteiger partial charge in [-0.05, 0) is 37.6 Å². The van der Waals surface area contributed by atoms with E-state index in [2.05, 4.69) is 25.3 Å². The topological polar surface area (TPSA) is 102 Å². The molecule has 2 aromatic carbocycles. The van der Waals surface area contributed by atoms with Gasteiger partial charge < -0.3 is 9.47 Å². The number of aromatic nitrogens is 4. The second-order valence-corrected chi connectivity index (χ2v) is 6.34. The minimum absolute atomic E-state index is 0.237. The number of para-hydroxylation sites is 1. The number of hydrogen-bond acceptors (Lipinski definition) is 7. The van der Waals surface area contributed by atoms with Crippen molar-refractivity contribution >= 4 is 33.7 Å². The van der Waals surface area contributed by atoms with E-state index >= 15 is 0 Å². The molecule has 0 fully saturated rings. The van der Waals surface area contributed by atoms with Crippen molar-refractivity contribution in [2.24, 2.45) is 0 Å². The lowest BCUT2D eigenvalue weighted by Gasteiger charge is -2.12. The second-order valence-electron chi connectivity index (χ2n) is 6.34. The molecule has 2 heterocycles. The molecule has 0 spiro atoms. The Morgan fingerprint density at radius 2 is 1.71 bits per heavy atom. The number of H-pyrrole nitrogens is 1. The molecule has 0 radical (unpaired) electrons. The van der Waals surface area contributed by atoms with Gasteiger partial charge in [-0.3, -0.25) is 15.1 Å². The molecule has 0 atom stereocenters. The van der Waals surface area contributed by atoms with Crippen molar-refractivity contribution in [2.75, 3.05) is 19.5 Å². The summed E-state index contributed by atoms with van der Waals surface area (Å²) in [5, 5.41) is 4.30. The van der Waals surface area contributed by atoms with Crippen LogP contribution in [0.2, 0.25) is 0 Å². The molecule has 2 N–H and O–H groups in total. The molecule has 4 aromatic rings. The number of fused-ring (bicyclic) bond motifs is 2. The first-order valence-corrected chi connectivity index (χ1v) is 8.68. The van der Waals surface area contributed by atoms with Crippen LogP contribution in [0.1, 0.15) is 11.3 Å². The molecular formula is C20H19N5O3. The Bertz CT molecular complexity index is 1270. The lowest BCUT2D eigenvalue weighted by Crippen LogP contribution is -2.13. The normalized spacial score (nSPS) is 11.0. The third kappa shape index (κ3) is 2.88. The van der Waals surface area contributed by atoms with Gasteiger partial charge in [0.2, 0.25) is 11.9 Å². The van der Waals surface area contributed by atoms with Crippen molar-refractivity contribution in [2.45, 2.75) is 13.8 Å². The molecule has 8 heteroatoms. The fourth-order valence-corrected chi connectivity index (χ4v) is 3.21. The number of nitrogens with zero attached hydrogens (tertiary/aromatic N) is 3. The zero-order chi connectivity index (χ0) is 19.8. The fourth-order valence-electron chi connectivity index (χ4n) is 3.21. The SMILES string of the molecule is COc1cccc2c(=O)[nH]c(Nc3nc(C)c4c(OC)ccc(C)c4n3)nc12. The van der Waals surface area contributed by atoms with E-state index in [0.717, 1.165) is 22.2 Å². The van der Waals surface area contributed by atoms with E-state index in [9.17, 15) is 4.79 Å². The molecule has 0 aliphatic carbocycles. The van der Waals surface area contributed by atoms with Crippen molar-refractivity contribution in [1.29, 1.82) is 0 Å². The number of rotatable bonds is 4. The Labute approximate surface area is 160 Å². The van der Waals surface area contributed by atoms with Gasteiger partial charge in [-0.25, -0.2) is 15.0 Å². The number of aryl methyl sites for hydroxylation is 2.